The van der Waals surface area contributed by atoms with Crippen LogP contribution >= 0.6 is 15.9 Å². The predicted molar refractivity (Wildman–Crippen MR) is 99.2 cm³/mol. The minimum absolute atomic E-state index is 0. The van der Waals surface area contributed by atoms with Gasteiger partial charge >= 0.3 is 0 Å². The average Bonchev–Trinajstić information content (AvgIpc) is 2.45. The first kappa shape index (κ1) is 33.3. The number of aryl methyl sites for hydroxylation is 1. The van der Waals surface area contributed by atoms with Crippen LogP contribution in [0.15, 0.2) is 28.7 Å². The Kier molecular flexibility index (Phi) is 20.1. The molecular formula is C17H21BrN2O4Y2-2. The number of benzene rings is 2. The molecule has 0 spiro atoms. The van der Waals surface area contributed by atoms with Crippen LogP contribution in [0, 0.1) is 19.1 Å². The summed E-state index contributed by atoms with van der Waals surface area (Å²) in [6, 6.07) is 10.9. The maximum absolute atomic E-state index is 10.4. The Labute approximate surface area is 213 Å². The van der Waals surface area contributed by atoms with Crippen LogP contribution in [0.5, 0.6) is 0 Å². The van der Waals surface area contributed by atoms with Crippen molar-refractivity contribution in [2.45, 2.75) is 21.8 Å². The van der Waals surface area contributed by atoms with Crippen molar-refractivity contribution in [3.63, 3.8) is 0 Å². The van der Waals surface area contributed by atoms with Gasteiger partial charge in [-0.15, -0.1) is 42.0 Å². The van der Waals surface area contributed by atoms with Gasteiger partial charge in [0.2, 0.25) is 11.9 Å². The number of nitrogens with two attached hydrogens (primary N) is 2. The first-order valence-corrected chi connectivity index (χ1v) is 6.72. The predicted octanol–water partition coefficient (Wildman–Crippen LogP) is 3.87. The third-order valence-corrected chi connectivity index (χ3v) is 3.28. The fourth-order valence-corrected chi connectivity index (χ4v) is 1.68. The molecule has 0 aliphatic rings. The van der Waals surface area contributed by atoms with E-state index in [1.54, 1.807) is 6.92 Å². The van der Waals surface area contributed by atoms with Crippen molar-refractivity contribution in [2.24, 2.45) is 0 Å². The van der Waals surface area contributed by atoms with Crippen LogP contribution in [-0.4, -0.2) is 22.2 Å². The van der Waals surface area contributed by atoms with Crippen molar-refractivity contribution in [1.29, 1.82) is 0 Å². The Morgan fingerprint density at radius 2 is 1.31 bits per heavy atom. The number of halogens is 1. The summed E-state index contributed by atoms with van der Waals surface area (Å²) in [4.78, 5) is 20.8. The van der Waals surface area contributed by atoms with E-state index in [2.05, 4.69) is 28.1 Å². The van der Waals surface area contributed by atoms with E-state index in [9.17, 15) is 9.59 Å². The van der Waals surface area contributed by atoms with Crippen LogP contribution in [-0.2, 0) is 65.4 Å². The smallest absolute Gasteiger partial charge is 0.247 e. The fourth-order valence-electron chi connectivity index (χ4n) is 1.33. The molecule has 0 aliphatic heterocycles. The van der Waals surface area contributed by atoms with E-state index < -0.39 is 11.9 Å². The number of carboxylic acid groups (broad SMARTS) is 2. The summed E-state index contributed by atoms with van der Waals surface area (Å²) in [7, 11) is 0. The fraction of sp³-hybridized carbons (Fsp3) is 0.176. The molecule has 0 unspecified atom stereocenters. The number of rotatable bonds is 2. The van der Waals surface area contributed by atoms with Crippen LogP contribution in [0.4, 0.5) is 11.4 Å². The van der Waals surface area contributed by atoms with E-state index in [0.29, 0.717) is 15.8 Å². The molecule has 0 aliphatic carbocycles. The maximum atomic E-state index is 10.4. The van der Waals surface area contributed by atoms with Gasteiger partial charge in [0, 0.05) is 65.4 Å². The molecular weight excluding hydrogens is 554 g/mol. The molecule has 2 aromatic carbocycles. The molecule has 2 rings (SSSR count). The molecule has 0 atom stereocenters. The van der Waals surface area contributed by atoms with E-state index in [-0.39, 0.29) is 91.4 Å². The summed E-state index contributed by atoms with van der Waals surface area (Å²) in [6.45, 7) is 1.76. The van der Waals surface area contributed by atoms with Gasteiger partial charge < -0.3 is 31.3 Å². The molecule has 2 radical (unpaired) electrons. The number of hydrogen-bond acceptors (Lipinski definition) is 4. The summed E-state index contributed by atoms with van der Waals surface area (Å²) >= 11 is 3.11. The zero-order valence-corrected chi connectivity index (χ0v) is 20.0. The molecule has 0 saturated heterocycles. The second-order valence-electron chi connectivity index (χ2n) is 4.25. The molecule has 0 aromatic heterocycles. The van der Waals surface area contributed by atoms with Crippen LogP contribution in [0.1, 0.15) is 41.1 Å². The summed E-state index contributed by atoms with van der Waals surface area (Å²) in [5, 5.41) is 17.0. The first-order valence-electron chi connectivity index (χ1n) is 5.93. The topological polar surface area (TPSA) is 127 Å². The standard InChI is InChI=1S/C8H8NO2.C7H5BrNO2.2CH4.2Y/c1-5-4-6(8(10)11)2-3-7(5)9;8-5-3-4(7(10)11)1-2-6(5)9;;;;/h3-4H,9H2,1H3,(H,10,11);2-3H,9H2,(H,10,11);2*1H4;;/q2*-1;;;;. The Bertz CT molecular complexity index is 666. The van der Waals surface area contributed by atoms with Crippen LogP contribution in [0.2, 0.25) is 0 Å². The Morgan fingerprint density at radius 3 is 1.65 bits per heavy atom. The van der Waals surface area contributed by atoms with E-state index in [1.165, 1.54) is 24.3 Å². The molecule has 0 saturated carbocycles. The SMILES string of the molecule is C.C.Cc1cc(C(=O)O)[c-]cc1N.Nc1c[c-]c(C(=O)O)cc1Br.[Y].[Y]. The normalized spacial score (nSPS) is 8.08. The third kappa shape index (κ3) is 10.7. The monoisotopic (exact) mass is 574 g/mol. The Hall–Kier alpha value is -0.332. The molecule has 0 fully saturated rings. The van der Waals surface area contributed by atoms with E-state index in [1.807, 2.05) is 0 Å². The molecule has 9 heteroatoms. The minimum Gasteiger partial charge on any atom is -0.521 e. The molecule has 2 aromatic rings. The largest absolute Gasteiger partial charge is 0.521 e. The number of carbonyl (C=O) groups is 2. The van der Waals surface area contributed by atoms with Gasteiger partial charge in [0.25, 0.3) is 0 Å². The number of anilines is 2. The minimum atomic E-state index is -1.01. The van der Waals surface area contributed by atoms with Crippen LogP contribution in [0.3, 0.4) is 0 Å². The summed E-state index contributed by atoms with van der Waals surface area (Å²) < 4.78 is 0.577. The second kappa shape index (κ2) is 15.7. The van der Waals surface area contributed by atoms with E-state index >= 15 is 0 Å². The number of aromatic carboxylic acids is 2. The van der Waals surface area contributed by atoms with Crippen molar-refractivity contribution in [3.8, 4) is 0 Å². The van der Waals surface area contributed by atoms with E-state index in [0.717, 1.165) is 5.56 Å². The van der Waals surface area contributed by atoms with Crippen LogP contribution < -0.4 is 11.5 Å². The van der Waals surface area contributed by atoms with Gasteiger partial charge in [-0.05, 0) is 15.8 Å². The number of carboxylic acids is 2. The third-order valence-electron chi connectivity index (χ3n) is 2.59. The molecule has 0 heterocycles. The van der Waals surface area contributed by atoms with Crippen molar-refractivity contribution < 1.29 is 85.2 Å². The van der Waals surface area contributed by atoms with Crippen molar-refractivity contribution >= 4 is 39.2 Å². The molecule has 0 bridgehead atoms. The van der Waals surface area contributed by atoms with Crippen LogP contribution in [0.25, 0.3) is 0 Å². The zero-order valence-electron chi connectivity index (χ0n) is 12.7. The number of nitrogen functional groups attached to an aromatic ring is 2. The van der Waals surface area contributed by atoms with Gasteiger partial charge in [-0.3, -0.25) is 0 Å². The van der Waals surface area contributed by atoms with E-state index in [4.69, 9.17) is 21.7 Å². The summed E-state index contributed by atoms with van der Waals surface area (Å²) in [6.07, 6.45) is 0. The number of hydrogen-bond donors (Lipinski definition) is 4. The quantitative estimate of drug-likeness (QED) is 0.319. The van der Waals surface area contributed by atoms with Gasteiger partial charge in [-0.1, -0.05) is 48.8 Å². The van der Waals surface area contributed by atoms with Gasteiger partial charge in [-0.2, -0.15) is 0 Å². The Morgan fingerprint density at radius 1 is 0.923 bits per heavy atom. The average molecular weight is 575 g/mol. The van der Waals surface area contributed by atoms with Crippen molar-refractivity contribution in [1.82, 2.24) is 0 Å². The molecule has 26 heavy (non-hydrogen) atoms. The summed E-state index contributed by atoms with van der Waals surface area (Å²) in [5.74, 6) is -1.99. The maximum Gasteiger partial charge on any atom is 0.247 e. The van der Waals surface area contributed by atoms with Crippen molar-refractivity contribution in [2.75, 3.05) is 11.5 Å². The van der Waals surface area contributed by atoms with Gasteiger partial charge in [0.15, 0.2) is 0 Å². The Balaban J connectivity index is -0.000000161. The van der Waals surface area contributed by atoms with Gasteiger partial charge in [-0.25, -0.2) is 0 Å². The van der Waals surface area contributed by atoms with Crippen molar-refractivity contribution in [3.05, 3.63) is 57.6 Å². The first-order chi connectivity index (χ1) is 10.2. The molecule has 6 N–H and O–H groups in total. The van der Waals surface area contributed by atoms with Gasteiger partial charge in [0.05, 0.1) is 0 Å². The summed E-state index contributed by atoms with van der Waals surface area (Å²) in [5.41, 5.74) is 12.9. The molecule has 6 nitrogen and oxygen atoms in total. The second-order valence-corrected chi connectivity index (χ2v) is 5.10. The van der Waals surface area contributed by atoms with Gasteiger partial charge in [0.1, 0.15) is 0 Å². The zero-order chi connectivity index (χ0) is 16.9. The molecule has 0 amide bonds. The molecule has 138 valence electrons.